The average molecular weight is 179 g/mol. The summed E-state index contributed by atoms with van der Waals surface area (Å²) >= 11 is 0. The van der Waals surface area contributed by atoms with Gasteiger partial charge in [0.15, 0.2) is 0 Å². The molecule has 0 radical (unpaired) electrons. The van der Waals surface area contributed by atoms with Gasteiger partial charge in [-0.1, -0.05) is 12.1 Å². The molecule has 2 rings (SSSR count). The van der Waals surface area contributed by atoms with Crippen LogP contribution in [0.2, 0.25) is 0 Å². The van der Waals surface area contributed by atoms with Gasteiger partial charge in [-0.2, -0.15) is 0 Å². The summed E-state index contributed by atoms with van der Waals surface area (Å²) in [7, 11) is 0. The van der Waals surface area contributed by atoms with E-state index in [9.17, 15) is 4.39 Å². The maximum absolute atomic E-state index is 13.5. The molecule has 13 heavy (non-hydrogen) atoms. The third-order valence-corrected chi connectivity index (χ3v) is 3.00. The first-order valence-electron chi connectivity index (χ1n) is 4.65. The Bertz CT molecular complexity index is 309. The van der Waals surface area contributed by atoms with E-state index < -0.39 is 0 Å². The highest BCUT2D eigenvalue weighted by Crippen LogP contribution is 2.49. The van der Waals surface area contributed by atoms with Crippen molar-refractivity contribution in [3.8, 4) is 0 Å². The summed E-state index contributed by atoms with van der Waals surface area (Å²) in [6.07, 6.45) is 2.07. The monoisotopic (exact) mass is 179 g/mol. The Balaban J connectivity index is 2.50. The van der Waals surface area contributed by atoms with Crippen LogP contribution < -0.4 is 5.73 Å². The fourth-order valence-corrected chi connectivity index (χ4v) is 2.01. The minimum Gasteiger partial charge on any atom is -0.330 e. The molecule has 1 fully saturated rings. The predicted molar refractivity (Wildman–Crippen MR) is 51.1 cm³/mol. The summed E-state index contributed by atoms with van der Waals surface area (Å²) in [5, 5.41) is 0. The van der Waals surface area contributed by atoms with E-state index in [0.29, 0.717) is 6.54 Å². The third kappa shape index (κ3) is 1.25. The number of aryl methyl sites for hydroxylation is 1. The molecule has 2 heteroatoms. The molecule has 1 nitrogen and oxygen atoms in total. The van der Waals surface area contributed by atoms with Crippen LogP contribution in [-0.2, 0) is 5.41 Å². The predicted octanol–water partition coefficient (Wildman–Crippen LogP) is 2.12. The minimum absolute atomic E-state index is 0.0323. The number of hydrogen-bond donors (Lipinski definition) is 1. The first-order valence-corrected chi connectivity index (χ1v) is 4.65. The highest BCUT2D eigenvalue weighted by Gasteiger charge is 2.45. The fraction of sp³-hybridized carbons (Fsp3) is 0.455. The van der Waals surface area contributed by atoms with Crippen molar-refractivity contribution in [2.45, 2.75) is 25.2 Å². The Morgan fingerprint density at radius 3 is 2.62 bits per heavy atom. The number of rotatable bonds is 2. The lowest BCUT2D eigenvalue weighted by molar-refractivity contribution is 0.570. The molecule has 0 aromatic heterocycles. The Morgan fingerprint density at radius 1 is 1.46 bits per heavy atom. The first kappa shape index (κ1) is 8.70. The molecular weight excluding hydrogens is 165 g/mol. The van der Waals surface area contributed by atoms with Gasteiger partial charge in [-0.15, -0.1) is 0 Å². The van der Waals surface area contributed by atoms with Crippen LogP contribution in [0.1, 0.15) is 24.0 Å². The molecule has 0 bridgehead atoms. The summed E-state index contributed by atoms with van der Waals surface area (Å²) in [5.74, 6) is -0.0945. The lowest BCUT2D eigenvalue weighted by Crippen LogP contribution is -2.22. The quantitative estimate of drug-likeness (QED) is 0.739. The molecule has 1 aromatic rings. The van der Waals surface area contributed by atoms with Crippen LogP contribution in [0, 0.1) is 12.7 Å². The van der Waals surface area contributed by atoms with Crippen molar-refractivity contribution < 1.29 is 4.39 Å². The van der Waals surface area contributed by atoms with E-state index in [1.807, 2.05) is 13.0 Å². The van der Waals surface area contributed by atoms with Crippen LogP contribution >= 0.6 is 0 Å². The second kappa shape index (κ2) is 2.81. The van der Waals surface area contributed by atoms with Gasteiger partial charge in [0, 0.05) is 12.0 Å². The van der Waals surface area contributed by atoms with Crippen LogP contribution in [0.15, 0.2) is 18.2 Å². The van der Waals surface area contributed by atoms with Crippen LogP contribution in [-0.4, -0.2) is 6.54 Å². The van der Waals surface area contributed by atoms with Gasteiger partial charge >= 0.3 is 0 Å². The van der Waals surface area contributed by atoms with E-state index in [-0.39, 0.29) is 11.2 Å². The lowest BCUT2D eigenvalue weighted by atomic mass is 9.91. The van der Waals surface area contributed by atoms with Gasteiger partial charge in [0.2, 0.25) is 0 Å². The standard InChI is InChI=1S/C11H14FN/c1-8-3-2-4-9(12)10(8)11(7-13)5-6-11/h2-4H,5-7,13H2,1H3. The van der Waals surface area contributed by atoms with Gasteiger partial charge in [0.1, 0.15) is 5.82 Å². The Hall–Kier alpha value is -0.890. The number of hydrogen-bond acceptors (Lipinski definition) is 1. The maximum Gasteiger partial charge on any atom is 0.127 e. The highest BCUT2D eigenvalue weighted by molar-refractivity contribution is 5.39. The largest absolute Gasteiger partial charge is 0.330 e. The Kier molecular flexibility index (Phi) is 1.88. The second-order valence-corrected chi connectivity index (χ2v) is 3.92. The van der Waals surface area contributed by atoms with Crippen molar-refractivity contribution >= 4 is 0 Å². The Morgan fingerprint density at radius 2 is 2.15 bits per heavy atom. The molecule has 0 amide bonds. The lowest BCUT2D eigenvalue weighted by Gasteiger charge is -2.16. The molecule has 1 aliphatic carbocycles. The molecule has 0 aliphatic heterocycles. The summed E-state index contributed by atoms with van der Waals surface area (Å²) in [5.41, 5.74) is 7.52. The van der Waals surface area contributed by atoms with Crippen molar-refractivity contribution in [1.82, 2.24) is 0 Å². The molecule has 1 aromatic carbocycles. The molecule has 0 atom stereocenters. The highest BCUT2D eigenvalue weighted by atomic mass is 19.1. The number of nitrogens with two attached hydrogens (primary N) is 1. The zero-order valence-electron chi connectivity index (χ0n) is 7.81. The molecular formula is C11H14FN. The number of halogens is 1. The van der Waals surface area contributed by atoms with Gasteiger partial charge in [-0.25, -0.2) is 4.39 Å². The Labute approximate surface area is 77.8 Å². The van der Waals surface area contributed by atoms with Gasteiger partial charge in [0.25, 0.3) is 0 Å². The van der Waals surface area contributed by atoms with Crippen LogP contribution in [0.25, 0.3) is 0 Å². The molecule has 0 unspecified atom stereocenters. The minimum atomic E-state index is -0.0945. The average Bonchev–Trinajstić information content (AvgIpc) is 2.85. The van der Waals surface area contributed by atoms with Crippen LogP contribution in [0.4, 0.5) is 4.39 Å². The van der Waals surface area contributed by atoms with Crippen LogP contribution in [0.5, 0.6) is 0 Å². The van der Waals surface area contributed by atoms with E-state index in [1.54, 1.807) is 6.07 Å². The van der Waals surface area contributed by atoms with Gasteiger partial charge in [0.05, 0.1) is 0 Å². The van der Waals surface area contributed by atoms with Crippen molar-refractivity contribution in [1.29, 1.82) is 0 Å². The topological polar surface area (TPSA) is 26.0 Å². The van der Waals surface area contributed by atoms with Gasteiger partial charge in [-0.05, 0) is 37.0 Å². The van der Waals surface area contributed by atoms with Crippen molar-refractivity contribution in [3.05, 3.63) is 35.1 Å². The molecule has 70 valence electrons. The summed E-state index contributed by atoms with van der Waals surface area (Å²) < 4.78 is 13.5. The maximum atomic E-state index is 13.5. The van der Waals surface area contributed by atoms with E-state index in [0.717, 1.165) is 24.0 Å². The molecule has 2 N–H and O–H groups in total. The first-order chi connectivity index (χ1) is 6.19. The van der Waals surface area contributed by atoms with E-state index in [1.165, 1.54) is 6.07 Å². The summed E-state index contributed by atoms with van der Waals surface area (Å²) in [4.78, 5) is 0. The van der Waals surface area contributed by atoms with Crippen molar-refractivity contribution in [3.63, 3.8) is 0 Å². The molecule has 0 spiro atoms. The molecule has 0 heterocycles. The molecule has 1 saturated carbocycles. The zero-order valence-corrected chi connectivity index (χ0v) is 7.81. The van der Waals surface area contributed by atoms with E-state index in [4.69, 9.17) is 5.73 Å². The fourth-order valence-electron chi connectivity index (χ4n) is 2.01. The van der Waals surface area contributed by atoms with Crippen molar-refractivity contribution in [2.24, 2.45) is 5.73 Å². The number of benzene rings is 1. The molecule has 1 aliphatic rings. The zero-order chi connectivity index (χ0) is 9.47. The normalized spacial score (nSPS) is 18.7. The second-order valence-electron chi connectivity index (χ2n) is 3.92. The van der Waals surface area contributed by atoms with E-state index >= 15 is 0 Å². The van der Waals surface area contributed by atoms with Crippen LogP contribution in [0.3, 0.4) is 0 Å². The summed E-state index contributed by atoms with van der Waals surface area (Å²) in [6.45, 7) is 2.52. The summed E-state index contributed by atoms with van der Waals surface area (Å²) in [6, 6.07) is 5.23. The van der Waals surface area contributed by atoms with Crippen molar-refractivity contribution in [2.75, 3.05) is 6.54 Å². The molecule has 0 saturated heterocycles. The SMILES string of the molecule is Cc1cccc(F)c1C1(CN)CC1. The van der Waals surface area contributed by atoms with E-state index in [2.05, 4.69) is 0 Å². The van der Waals surface area contributed by atoms with Gasteiger partial charge < -0.3 is 5.73 Å². The smallest absolute Gasteiger partial charge is 0.127 e. The third-order valence-electron chi connectivity index (χ3n) is 3.00. The van der Waals surface area contributed by atoms with Gasteiger partial charge in [-0.3, -0.25) is 0 Å².